The van der Waals surface area contributed by atoms with Crippen LogP contribution in [0.5, 0.6) is 0 Å². The van der Waals surface area contributed by atoms with E-state index in [1.165, 1.54) is 0 Å². The Morgan fingerprint density at radius 3 is 2.17 bits per heavy atom. The van der Waals surface area contributed by atoms with Gasteiger partial charge in [-0.25, -0.2) is 0 Å². The molecule has 0 aromatic carbocycles. The Morgan fingerprint density at radius 1 is 1.22 bits per heavy atom. The molecule has 0 fully saturated rings. The molecule has 0 bridgehead atoms. The highest BCUT2D eigenvalue weighted by Gasteiger charge is 2.19. The lowest BCUT2D eigenvalue weighted by Crippen LogP contribution is -2.34. The molecule has 1 amide bonds. The first-order valence-corrected chi connectivity index (χ1v) is 7.11. The molecule has 0 saturated carbocycles. The smallest absolute Gasteiger partial charge is 0.222 e. The summed E-state index contributed by atoms with van der Waals surface area (Å²) in [5.74, 6) is 1.43. The summed E-state index contributed by atoms with van der Waals surface area (Å²) in [5, 5.41) is 0. The molecule has 0 aliphatic rings. The van der Waals surface area contributed by atoms with Gasteiger partial charge in [0.05, 0.1) is 0 Å². The van der Waals surface area contributed by atoms with Gasteiger partial charge in [-0.05, 0) is 36.6 Å². The van der Waals surface area contributed by atoms with Crippen LogP contribution in [0, 0.1) is 17.3 Å². The van der Waals surface area contributed by atoms with E-state index in [2.05, 4.69) is 34.6 Å². The van der Waals surface area contributed by atoms with Crippen molar-refractivity contribution < 1.29 is 4.79 Å². The summed E-state index contributed by atoms with van der Waals surface area (Å²) in [7, 11) is 1.90. The summed E-state index contributed by atoms with van der Waals surface area (Å²) in [6, 6.07) is 0. The monoisotopic (exact) mass is 256 g/mol. The van der Waals surface area contributed by atoms with Crippen LogP contribution in [0.15, 0.2) is 0 Å². The Morgan fingerprint density at radius 2 is 1.78 bits per heavy atom. The summed E-state index contributed by atoms with van der Waals surface area (Å²) in [4.78, 5) is 13.9. The number of hydrogen-bond acceptors (Lipinski definition) is 2. The lowest BCUT2D eigenvalue weighted by atomic mass is 9.88. The Kier molecular flexibility index (Phi) is 7.53. The average molecular weight is 256 g/mol. The van der Waals surface area contributed by atoms with E-state index >= 15 is 0 Å². The van der Waals surface area contributed by atoms with Crippen molar-refractivity contribution in [1.29, 1.82) is 0 Å². The van der Waals surface area contributed by atoms with Gasteiger partial charge in [0, 0.05) is 20.0 Å². The zero-order valence-corrected chi connectivity index (χ0v) is 13.1. The van der Waals surface area contributed by atoms with Crippen LogP contribution < -0.4 is 5.73 Å². The van der Waals surface area contributed by atoms with Gasteiger partial charge in [-0.3, -0.25) is 4.79 Å². The van der Waals surface area contributed by atoms with Crippen LogP contribution in [0.4, 0.5) is 0 Å². The molecule has 3 heteroatoms. The minimum absolute atomic E-state index is 0.166. The molecule has 0 spiro atoms. The number of hydrogen-bond donors (Lipinski definition) is 1. The van der Waals surface area contributed by atoms with Crippen molar-refractivity contribution in [3.63, 3.8) is 0 Å². The highest BCUT2D eigenvalue weighted by atomic mass is 16.2. The van der Waals surface area contributed by atoms with Crippen molar-refractivity contribution in [2.75, 3.05) is 20.1 Å². The fourth-order valence-corrected chi connectivity index (χ4v) is 2.32. The molecule has 0 heterocycles. The number of nitrogens with zero attached hydrogens (tertiary/aromatic N) is 1. The fraction of sp³-hybridized carbons (Fsp3) is 0.933. The quantitative estimate of drug-likeness (QED) is 0.761. The van der Waals surface area contributed by atoms with Crippen LogP contribution in [0.1, 0.15) is 53.9 Å². The molecule has 0 saturated heterocycles. The SMILES string of the molecule is CC(C)C(CCN)CCC(=O)N(C)CC(C)(C)C. The van der Waals surface area contributed by atoms with Gasteiger partial charge in [0.2, 0.25) is 5.91 Å². The van der Waals surface area contributed by atoms with Crippen molar-refractivity contribution in [2.45, 2.75) is 53.9 Å². The molecule has 1 atom stereocenters. The minimum Gasteiger partial charge on any atom is -0.345 e. The Balaban J connectivity index is 4.15. The van der Waals surface area contributed by atoms with Crippen molar-refractivity contribution in [3.05, 3.63) is 0 Å². The van der Waals surface area contributed by atoms with Gasteiger partial charge in [0.1, 0.15) is 0 Å². The normalized spacial score (nSPS) is 13.8. The van der Waals surface area contributed by atoms with Gasteiger partial charge in [-0.1, -0.05) is 34.6 Å². The largest absolute Gasteiger partial charge is 0.345 e. The Labute approximate surface area is 113 Å². The van der Waals surface area contributed by atoms with Crippen molar-refractivity contribution in [2.24, 2.45) is 23.0 Å². The summed E-state index contributed by atoms with van der Waals surface area (Å²) >= 11 is 0. The van der Waals surface area contributed by atoms with E-state index < -0.39 is 0 Å². The van der Waals surface area contributed by atoms with E-state index in [0.717, 1.165) is 25.9 Å². The highest BCUT2D eigenvalue weighted by molar-refractivity contribution is 5.75. The maximum absolute atomic E-state index is 12.0. The van der Waals surface area contributed by atoms with E-state index in [1.807, 2.05) is 11.9 Å². The number of carbonyl (C=O) groups is 1. The molecule has 108 valence electrons. The van der Waals surface area contributed by atoms with Crippen LogP contribution in [-0.2, 0) is 4.79 Å². The van der Waals surface area contributed by atoms with Crippen molar-refractivity contribution in [3.8, 4) is 0 Å². The topological polar surface area (TPSA) is 46.3 Å². The molecular formula is C15H32N2O. The lowest BCUT2D eigenvalue weighted by molar-refractivity contribution is -0.131. The molecule has 0 aliphatic heterocycles. The lowest BCUT2D eigenvalue weighted by Gasteiger charge is -2.27. The van der Waals surface area contributed by atoms with Gasteiger partial charge >= 0.3 is 0 Å². The second-order valence-corrected chi connectivity index (χ2v) is 6.93. The first kappa shape index (κ1) is 17.4. The maximum Gasteiger partial charge on any atom is 0.222 e. The van der Waals surface area contributed by atoms with E-state index in [-0.39, 0.29) is 11.3 Å². The Bertz CT molecular complexity index is 243. The third kappa shape index (κ3) is 7.70. The summed E-state index contributed by atoms with van der Waals surface area (Å²) in [5.41, 5.74) is 5.79. The second kappa shape index (κ2) is 7.78. The molecule has 18 heavy (non-hydrogen) atoms. The molecule has 0 aromatic rings. The fourth-order valence-electron chi connectivity index (χ4n) is 2.32. The minimum atomic E-state index is 0.166. The van der Waals surface area contributed by atoms with Crippen LogP contribution >= 0.6 is 0 Å². The Hall–Kier alpha value is -0.570. The second-order valence-electron chi connectivity index (χ2n) is 6.93. The van der Waals surface area contributed by atoms with Gasteiger partial charge < -0.3 is 10.6 Å². The maximum atomic E-state index is 12.0. The molecular weight excluding hydrogens is 224 g/mol. The third-order valence-corrected chi connectivity index (χ3v) is 3.35. The van der Waals surface area contributed by atoms with Crippen molar-refractivity contribution >= 4 is 5.91 Å². The number of amides is 1. The zero-order chi connectivity index (χ0) is 14.3. The van der Waals surface area contributed by atoms with Gasteiger partial charge in [-0.15, -0.1) is 0 Å². The van der Waals surface area contributed by atoms with Gasteiger partial charge in [0.25, 0.3) is 0 Å². The third-order valence-electron chi connectivity index (χ3n) is 3.35. The number of carbonyl (C=O) groups excluding carboxylic acids is 1. The zero-order valence-electron chi connectivity index (χ0n) is 13.1. The summed E-state index contributed by atoms with van der Waals surface area (Å²) < 4.78 is 0. The standard InChI is InChI=1S/C15H32N2O/c1-12(2)13(9-10-16)7-8-14(18)17(6)11-15(3,4)5/h12-13H,7-11,16H2,1-6H3. The van der Waals surface area contributed by atoms with Crippen LogP contribution in [0.2, 0.25) is 0 Å². The molecule has 0 aliphatic carbocycles. The predicted molar refractivity (Wildman–Crippen MR) is 78.3 cm³/mol. The number of rotatable bonds is 7. The first-order chi connectivity index (χ1) is 8.17. The van der Waals surface area contributed by atoms with E-state index in [4.69, 9.17) is 5.73 Å². The van der Waals surface area contributed by atoms with Gasteiger partial charge in [-0.2, -0.15) is 0 Å². The predicted octanol–water partition coefficient (Wildman–Crippen LogP) is 2.89. The molecule has 1 unspecified atom stereocenters. The first-order valence-electron chi connectivity index (χ1n) is 7.11. The van der Waals surface area contributed by atoms with Gasteiger partial charge in [0.15, 0.2) is 0 Å². The summed E-state index contributed by atoms with van der Waals surface area (Å²) in [6.45, 7) is 12.4. The summed E-state index contributed by atoms with van der Waals surface area (Å²) in [6.07, 6.45) is 2.63. The molecule has 2 N–H and O–H groups in total. The molecule has 0 rings (SSSR count). The molecule has 0 radical (unpaired) electrons. The average Bonchev–Trinajstić information content (AvgIpc) is 2.20. The van der Waals surface area contributed by atoms with Crippen molar-refractivity contribution in [1.82, 2.24) is 4.90 Å². The number of nitrogens with two attached hydrogens (primary N) is 1. The van der Waals surface area contributed by atoms with E-state index in [9.17, 15) is 4.79 Å². The van der Waals surface area contributed by atoms with Crippen LogP contribution in [0.25, 0.3) is 0 Å². The molecule has 0 aromatic heterocycles. The van der Waals surface area contributed by atoms with E-state index in [1.54, 1.807) is 0 Å². The van der Waals surface area contributed by atoms with E-state index in [0.29, 0.717) is 18.3 Å². The highest BCUT2D eigenvalue weighted by Crippen LogP contribution is 2.21. The van der Waals surface area contributed by atoms with Crippen LogP contribution in [-0.4, -0.2) is 30.9 Å². The van der Waals surface area contributed by atoms with Crippen LogP contribution in [0.3, 0.4) is 0 Å². The molecule has 3 nitrogen and oxygen atoms in total.